The molecular formula is C41H23NO2. The van der Waals surface area contributed by atoms with Crippen LogP contribution in [0.4, 0.5) is 0 Å². The van der Waals surface area contributed by atoms with Crippen LogP contribution in [0.5, 0.6) is 0 Å². The van der Waals surface area contributed by atoms with Gasteiger partial charge in [-0.25, -0.2) is 0 Å². The molecule has 0 radical (unpaired) electrons. The first-order valence-electron chi connectivity index (χ1n) is 14.6. The standard InChI is InChI=1S/C41H23NO2/c42-24-25-7-5-8-26(19-25)28-15-17-31-21-29(16-18-30(31)20-28)27-9-6-10-32(22-27)35-23-36-33-11-1-3-13-37(33)43-41(36)39-34-12-2-4-14-38(34)44-40(35)39/h1-23H. The molecule has 3 nitrogen and oxygen atoms in total. The van der Waals surface area contributed by atoms with Crippen molar-refractivity contribution in [3.63, 3.8) is 0 Å². The summed E-state index contributed by atoms with van der Waals surface area (Å²) < 4.78 is 13.0. The summed E-state index contributed by atoms with van der Waals surface area (Å²) in [5.41, 5.74) is 10.6. The van der Waals surface area contributed by atoms with Crippen molar-refractivity contribution in [1.29, 1.82) is 5.26 Å². The predicted molar refractivity (Wildman–Crippen MR) is 180 cm³/mol. The molecular weight excluding hydrogens is 538 g/mol. The van der Waals surface area contributed by atoms with Gasteiger partial charge in [0.25, 0.3) is 0 Å². The molecule has 9 aromatic rings. The molecule has 0 unspecified atom stereocenters. The summed E-state index contributed by atoms with van der Waals surface area (Å²) in [7, 11) is 0. The lowest BCUT2D eigenvalue weighted by Crippen LogP contribution is -1.85. The predicted octanol–water partition coefficient (Wildman–Crippen LogP) is 11.5. The molecule has 9 rings (SSSR count). The summed E-state index contributed by atoms with van der Waals surface area (Å²) in [5, 5.41) is 15.9. The Morgan fingerprint density at radius 2 is 1.02 bits per heavy atom. The molecule has 204 valence electrons. The minimum absolute atomic E-state index is 0.665. The summed E-state index contributed by atoms with van der Waals surface area (Å²) >= 11 is 0. The molecule has 2 heterocycles. The van der Waals surface area contributed by atoms with Crippen LogP contribution < -0.4 is 0 Å². The van der Waals surface area contributed by atoms with Crippen molar-refractivity contribution in [3.05, 3.63) is 145 Å². The zero-order valence-corrected chi connectivity index (χ0v) is 23.5. The quantitative estimate of drug-likeness (QED) is 0.216. The SMILES string of the molecule is N#Cc1cccc(-c2ccc3cc(-c4cccc(-c5cc6c7ccccc7oc6c6c5oc5ccccc56)c4)ccc3c2)c1. The fraction of sp³-hybridized carbons (Fsp3) is 0. The molecule has 0 amide bonds. The van der Waals surface area contributed by atoms with Crippen LogP contribution in [0.2, 0.25) is 0 Å². The average Bonchev–Trinajstić information content (AvgIpc) is 3.66. The Bertz CT molecular complexity index is 2630. The van der Waals surface area contributed by atoms with Crippen LogP contribution in [0.1, 0.15) is 5.56 Å². The maximum atomic E-state index is 9.32. The summed E-state index contributed by atoms with van der Waals surface area (Å²) in [6.45, 7) is 0. The lowest BCUT2D eigenvalue weighted by molar-refractivity contribution is 0.663. The Hall–Kier alpha value is -6.11. The highest BCUT2D eigenvalue weighted by molar-refractivity contribution is 6.25. The highest BCUT2D eigenvalue weighted by Crippen LogP contribution is 2.44. The summed E-state index contributed by atoms with van der Waals surface area (Å²) in [4.78, 5) is 0. The van der Waals surface area contributed by atoms with Gasteiger partial charge in [-0.1, -0.05) is 91.0 Å². The molecule has 0 spiro atoms. The van der Waals surface area contributed by atoms with Gasteiger partial charge in [-0.05, 0) is 87.1 Å². The van der Waals surface area contributed by atoms with Crippen molar-refractivity contribution in [3.8, 4) is 39.4 Å². The Morgan fingerprint density at radius 1 is 0.432 bits per heavy atom. The number of rotatable bonds is 3. The zero-order valence-electron chi connectivity index (χ0n) is 23.5. The van der Waals surface area contributed by atoms with Crippen molar-refractivity contribution >= 4 is 54.6 Å². The second kappa shape index (κ2) is 9.46. The van der Waals surface area contributed by atoms with E-state index in [-0.39, 0.29) is 0 Å². The minimum Gasteiger partial charge on any atom is -0.455 e. The summed E-state index contributed by atoms with van der Waals surface area (Å²) in [5.74, 6) is 0. The molecule has 2 aromatic heterocycles. The Labute approximate surface area is 252 Å². The molecule has 0 saturated heterocycles. The van der Waals surface area contributed by atoms with E-state index in [0.717, 1.165) is 82.6 Å². The van der Waals surface area contributed by atoms with Gasteiger partial charge in [0.05, 0.1) is 17.0 Å². The van der Waals surface area contributed by atoms with Crippen LogP contribution >= 0.6 is 0 Å². The number of hydrogen-bond acceptors (Lipinski definition) is 3. The van der Waals surface area contributed by atoms with E-state index >= 15 is 0 Å². The van der Waals surface area contributed by atoms with Crippen LogP contribution in [0.3, 0.4) is 0 Å². The molecule has 0 atom stereocenters. The number of fused-ring (bicyclic) bond motifs is 8. The molecule has 0 N–H and O–H groups in total. The first-order chi connectivity index (χ1) is 21.7. The molecule has 3 heteroatoms. The fourth-order valence-electron chi connectivity index (χ4n) is 6.52. The van der Waals surface area contributed by atoms with Crippen LogP contribution in [0, 0.1) is 11.3 Å². The van der Waals surface area contributed by atoms with Gasteiger partial charge in [0.1, 0.15) is 22.3 Å². The van der Waals surface area contributed by atoms with Gasteiger partial charge in [-0.15, -0.1) is 0 Å². The Morgan fingerprint density at radius 3 is 1.77 bits per heavy atom. The number of hydrogen-bond donors (Lipinski definition) is 0. The van der Waals surface area contributed by atoms with Crippen molar-refractivity contribution in [2.75, 3.05) is 0 Å². The lowest BCUT2D eigenvalue weighted by atomic mass is 9.94. The molecule has 0 aliphatic carbocycles. The first kappa shape index (κ1) is 24.5. The zero-order chi connectivity index (χ0) is 29.2. The van der Waals surface area contributed by atoms with Crippen LogP contribution in [0.25, 0.3) is 88.0 Å². The van der Waals surface area contributed by atoms with E-state index in [9.17, 15) is 5.26 Å². The van der Waals surface area contributed by atoms with Crippen molar-refractivity contribution in [1.82, 2.24) is 0 Å². The van der Waals surface area contributed by atoms with E-state index in [1.165, 1.54) is 5.39 Å². The molecule has 0 saturated carbocycles. The molecule has 7 aromatic carbocycles. The smallest absolute Gasteiger partial charge is 0.147 e. The van der Waals surface area contributed by atoms with Crippen LogP contribution in [-0.2, 0) is 0 Å². The topological polar surface area (TPSA) is 50.1 Å². The number of nitriles is 1. The van der Waals surface area contributed by atoms with E-state index in [1.807, 2.05) is 54.6 Å². The Balaban J connectivity index is 1.19. The van der Waals surface area contributed by atoms with E-state index < -0.39 is 0 Å². The monoisotopic (exact) mass is 561 g/mol. The maximum absolute atomic E-state index is 9.32. The highest BCUT2D eigenvalue weighted by Gasteiger charge is 2.20. The third kappa shape index (κ3) is 3.75. The van der Waals surface area contributed by atoms with E-state index in [4.69, 9.17) is 8.83 Å². The van der Waals surface area contributed by atoms with Crippen LogP contribution in [-0.4, -0.2) is 0 Å². The fourth-order valence-corrected chi connectivity index (χ4v) is 6.52. The number of para-hydroxylation sites is 2. The second-order valence-electron chi connectivity index (χ2n) is 11.3. The molecule has 44 heavy (non-hydrogen) atoms. The molecule has 0 bridgehead atoms. The van der Waals surface area contributed by atoms with E-state index in [2.05, 4.69) is 91.0 Å². The summed E-state index contributed by atoms with van der Waals surface area (Å²) in [6.07, 6.45) is 0. The van der Waals surface area contributed by atoms with E-state index in [1.54, 1.807) is 0 Å². The largest absolute Gasteiger partial charge is 0.455 e. The third-order valence-electron chi connectivity index (χ3n) is 8.66. The molecule has 0 aliphatic rings. The normalized spacial score (nSPS) is 11.6. The number of nitrogens with zero attached hydrogens (tertiary/aromatic N) is 1. The van der Waals surface area contributed by atoms with Gasteiger partial charge in [-0.3, -0.25) is 0 Å². The number of benzene rings is 7. The number of furan rings is 2. The third-order valence-corrected chi connectivity index (χ3v) is 8.66. The van der Waals surface area contributed by atoms with Gasteiger partial charge in [0, 0.05) is 21.7 Å². The van der Waals surface area contributed by atoms with Crippen LogP contribution in [0.15, 0.2) is 148 Å². The van der Waals surface area contributed by atoms with Crippen molar-refractivity contribution < 1.29 is 8.83 Å². The lowest BCUT2D eigenvalue weighted by Gasteiger charge is -2.10. The van der Waals surface area contributed by atoms with Gasteiger partial charge < -0.3 is 8.83 Å². The van der Waals surface area contributed by atoms with Crippen molar-refractivity contribution in [2.24, 2.45) is 0 Å². The average molecular weight is 562 g/mol. The van der Waals surface area contributed by atoms with Gasteiger partial charge in [0.2, 0.25) is 0 Å². The van der Waals surface area contributed by atoms with Gasteiger partial charge >= 0.3 is 0 Å². The van der Waals surface area contributed by atoms with Gasteiger partial charge in [-0.2, -0.15) is 5.26 Å². The first-order valence-corrected chi connectivity index (χ1v) is 14.6. The second-order valence-corrected chi connectivity index (χ2v) is 11.3. The molecule has 0 fully saturated rings. The summed E-state index contributed by atoms with van der Waals surface area (Å²) in [6, 6.07) is 50.3. The molecule has 0 aliphatic heterocycles. The maximum Gasteiger partial charge on any atom is 0.147 e. The highest BCUT2D eigenvalue weighted by atomic mass is 16.3. The minimum atomic E-state index is 0.665. The Kier molecular flexibility index (Phi) is 5.26. The van der Waals surface area contributed by atoms with Crippen molar-refractivity contribution in [2.45, 2.75) is 0 Å². The van der Waals surface area contributed by atoms with Gasteiger partial charge in [0.15, 0.2) is 0 Å². The van der Waals surface area contributed by atoms with E-state index in [0.29, 0.717) is 5.56 Å².